The number of rotatable bonds is 7. The van der Waals surface area contributed by atoms with Gasteiger partial charge < -0.3 is 0 Å². The first-order valence-corrected chi connectivity index (χ1v) is 23.9. The topological polar surface area (TPSA) is 9.86 Å². The van der Waals surface area contributed by atoms with Crippen molar-refractivity contribution in [2.45, 2.75) is 0 Å². The molecule has 2 nitrogen and oxygen atoms in total. The van der Waals surface area contributed by atoms with Crippen LogP contribution in [0.25, 0.3) is 66.1 Å². The molecule has 57 heavy (non-hydrogen) atoms. The fraction of sp³-hybridized carbons (Fsp3) is 0. The number of hydrogen-bond acceptors (Lipinski definition) is 0. The summed E-state index contributed by atoms with van der Waals surface area (Å²) in [4.78, 5) is 0. The molecule has 3 heteroatoms. The quantitative estimate of drug-likeness (QED) is 0.142. The first kappa shape index (κ1) is 33.5. The van der Waals surface area contributed by atoms with E-state index in [1.54, 1.807) is 0 Å². The monoisotopic (exact) mass is 788 g/mol. The van der Waals surface area contributed by atoms with Crippen LogP contribution in [0.2, 0.25) is 0 Å². The Morgan fingerprint density at radius 1 is 0.281 bits per heavy atom. The van der Waals surface area contributed by atoms with Gasteiger partial charge >= 0.3 is 277 Å². The molecule has 0 saturated heterocycles. The maximum absolute atomic E-state index is 3.48. The van der Waals surface area contributed by atoms with E-state index in [2.05, 4.69) is 240 Å². The predicted molar refractivity (Wildman–Crippen MR) is 244 cm³/mol. The first-order valence-electron chi connectivity index (χ1n) is 19.7. The molecule has 0 fully saturated rings. The van der Waals surface area contributed by atoms with Gasteiger partial charge in [0.15, 0.2) is 0 Å². The van der Waals surface area contributed by atoms with E-state index in [0.29, 0.717) is 0 Å². The standard InChI is InChI=1S/C54H38GeN2/c1-4-20-40(21-5-1)55(41-22-6-2-7-23-41,42-24-8-3-9-25-42)43-26-18-19-39(37-43)45-27-10-14-31-50(45)57-53-34-17-13-30-48(53)49-38-44(35-36-54(49)57)56-51-32-15-11-28-46(51)47-29-12-16-33-52(47)56/h1-38H. The Hall–Kier alpha value is -6.88. The van der Waals surface area contributed by atoms with Crippen LogP contribution in [-0.4, -0.2) is 22.4 Å². The summed E-state index contributed by atoms with van der Waals surface area (Å²) in [6.07, 6.45) is 0. The van der Waals surface area contributed by atoms with Gasteiger partial charge in [-0.3, -0.25) is 0 Å². The van der Waals surface area contributed by atoms with Crippen LogP contribution in [-0.2, 0) is 0 Å². The fourth-order valence-corrected chi connectivity index (χ4v) is 19.5. The Labute approximate surface area is 334 Å². The molecular formula is C54H38GeN2. The third-order valence-electron chi connectivity index (χ3n) is 11.9. The molecule has 0 aliphatic carbocycles. The van der Waals surface area contributed by atoms with E-state index >= 15 is 0 Å². The summed E-state index contributed by atoms with van der Waals surface area (Å²) in [6.45, 7) is 0. The van der Waals surface area contributed by atoms with Gasteiger partial charge in [0.2, 0.25) is 0 Å². The summed E-state index contributed by atoms with van der Waals surface area (Å²) in [5.74, 6) is 0. The summed E-state index contributed by atoms with van der Waals surface area (Å²) in [5.41, 5.74) is 9.57. The second kappa shape index (κ2) is 13.7. The minimum atomic E-state index is -3.48. The van der Waals surface area contributed by atoms with Gasteiger partial charge in [0.25, 0.3) is 0 Å². The molecule has 11 aromatic rings. The van der Waals surface area contributed by atoms with Gasteiger partial charge in [-0.05, 0) is 12.1 Å². The summed E-state index contributed by atoms with van der Waals surface area (Å²) in [7, 11) is 0. The minimum absolute atomic E-state index is 1.16. The Morgan fingerprint density at radius 2 is 0.719 bits per heavy atom. The Morgan fingerprint density at radius 3 is 1.30 bits per heavy atom. The normalized spacial score (nSPS) is 11.9. The zero-order valence-electron chi connectivity index (χ0n) is 31.3. The molecule has 0 amide bonds. The van der Waals surface area contributed by atoms with Crippen molar-refractivity contribution in [3.63, 3.8) is 0 Å². The first-order chi connectivity index (χ1) is 28.3. The van der Waals surface area contributed by atoms with Crippen LogP contribution < -0.4 is 17.6 Å². The molecule has 268 valence electrons. The maximum atomic E-state index is 2.50. The molecule has 0 unspecified atom stereocenters. The van der Waals surface area contributed by atoms with Crippen molar-refractivity contribution in [1.82, 2.24) is 9.13 Å². The van der Waals surface area contributed by atoms with Gasteiger partial charge in [-0.2, -0.15) is 0 Å². The van der Waals surface area contributed by atoms with E-state index < -0.39 is 13.3 Å². The zero-order chi connectivity index (χ0) is 37.8. The number of fused-ring (bicyclic) bond motifs is 6. The Balaban J connectivity index is 1.13. The van der Waals surface area contributed by atoms with Gasteiger partial charge in [-0.15, -0.1) is 0 Å². The van der Waals surface area contributed by atoms with Crippen molar-refractivity contribution < 1.29 is 0 Å². The van der Waals surface area contributed by atoms with Crippen molar-refractivity contribution in [1.29, 1.82) is 0 Å². The van der Waals surface area contributed by atoms with E-state index in [1.165, 1.54) is 78.0 Å². The summed E-state index contributed by atoms with van der Waals surface area (Å²) in [6, 6.07) is 85.5. The van der Waals surface area contributed by atoms with Gasteiger partial charge in [0.05, 0.1) is 0 Å². The number of benzene rings is 9. The number of nitrogens with zero attached hydrogens (tertiary/aromatic N) is 2. The third-order valence-corrected chi connectivity index (χ3v) is 21.9. The molecule has 0 N–H and O–H groups in total. The molecular weight excluding hydrogens is 749 g/mol. The average Bonchev–Trinajstić information content (AvgIpc) is 3.80. The van der Waals surface area contributed by atoms with Crippen molar-refractivity contribution >= 4 is 74.5 Å². The van der Waals surface area contributed by atoms with Crippen LogP contribution >= 0.6 is 0 Å². The van der Waals surface area contributed by atoms with Crippen molar-refractivity contribution in [3.05, 3.63) is 231 Å². The van der Waals surface area contributed by atoms with E-state index in [-0.39, 0.29) is 0 Å². The fourth-order valence-electron chi connectivity index (χ4n) is 9.46. The van der Waals surface area contributed by atoms with Gasteiger partial charge in [0.1, 0.15) is 0 Å². The Kier molecular flexibility index (Phi) is 8.04. The van der Waals surface area contributed by atoms with E-state index in [4.69, 9.17) is 0 Å². The number of para-hydroxylation sites is 4. The number of aromatic nitrogens is 2. The molecule has 0 aliphatic rings. The molecule has 0 bridgehead atoms. The molecule has 2 aromatic heterocycles. The zero-order valence-corrected chi connectivity index (χ0v) is 33.4. The van der Waals surface area contributed by atoms with Gasteiger partial charge in [0, 0.05) is 10.8 Å². The molecule has 0 aliphatic heterocycles. The van der Waals surface area contributed by atoms with Crippen LogP contribution in [0, 0.1) is 0 Å². The second-order valence-corrected chi connectivity index (χ2v) is 22.9. The van der Waals surface area contributed by atoms with Crippen LogP contribution in [0.15, 0.2) is 231 Å². The van der Waals surface area contributed by atoms with Gasteiger partial charge in [-0.1, -0.05) is 36.4 Å². The molecule has 9 aromatic carbocycles. The van der Waals surface area contributed by atoms with Crippen LogP contribution in [0.3, 0.4) is 0 Å². The van der Waals surface area contributed by atoms with Crippen molar-refractivity contribution in [2.24, 2.45) is 0 Å². The van der Waals surface area contributed by atoms with Crippen LogP contribution in [0.1, 0.15) is 0 Å². The molecule has 0 radical (unpaired) electrons. The second-order valence-electron chi connectivity index (χ2n) is 14.9. The van der Waals surface area contributed by atoms with E-state index in [0.717, 1.165) is 5.69 Å². The molecule has 0 spiro atoms. The average molecular weight is 788 g/mol. The summed E-state index contributed by atoms with van der Waals surface area (Å²) >= 11 is -3.48. The SMILES string of the molecule is c1cc[c]([Ge]([c]2ccccc2)([c]2ccccc2)[c]2cccc(-c3ccccc3-n3c4ccccc4c4cc(-n5c6ccccc6c6ccccc65)ccc43)c2)cc1. The molecule has 2 heterocycles. The Bertz CT molecular complexity index is 3080. The van der Waals surface area contributed by atoms with Crippen LogP contribution in [0.4, 0.5) is 0 Å². The molecule has 0 saturated carbocycles. The van der Waals surface area contributed by atoms with Crippen molar-refractivity contribution in [2.75, 3.05) is 0 Å². The summed E-state index contributed by atoms with van der Waals surface area (Å²) < 4.78 is 10.6. The summed E-state index contributed by atoms with van der Waals surface area (Å²) in [5, 5.41) is 5.02. The van der Waals surface area contributed by atoms with E-state index in [1.807, 2.05) is 0 Å². The van der Waals surface area contributed by atoms with E-state index in [9.17, 15) is 0 Å². The number of hydrogen-bond donors (Lipinski definition) is 0. The van der Waals surface area contributed by atoms with Crippen LogP contribution in [0.5, 0.6) is 0 Å². The van der Waals surface area contributed by atoms with Crippen molar-refractivity contribution in [3.8, 4) is 22.5 Å². The third kappa shape index (κ3) is 5.25. The molecule has 0 atom stereocenters. The van der Waals surface area contributed by atoms with Gasteiger partial charge in [-0.25, -0.2) is 0 Å². The molecule has 11 rings (SSSR count). The predicted octanol–water partition coefficient (Wildman–Crippen LogP) is 10.9.